The van der Waals surface area contributed by atoms with Gasteiger partial charge in [0.1, 0.15) is 0 Å². The Morgan fingerprint density at radius 2 is 1.90 bits per heavy atom. The summed E-state index contributed by atoms with van der Waals surface area (Å²) in [6, 6.07) is 11.6. The van der Waals surface area contributed by atoms with E-state index in [-0.39, 0.29) is 5.69 Å². The van der Waals surface area contributed by atoms with Gasteiger partial charge in [-0.2, -0.15) is 0 Å². The number of imidazole rings is 1. The van der Waals surface area contributed by atoms with E-state index in [4.69, 9.17) is 11.6 Å². The third-order valence-electron chi connectivity index (χ3n) is 3.30. The van der Waals surface area contributed by atoms with Crippen LogP contribution in [0.1, 0.15) is 11.1 Å². The van der Waals surface area contributed by atoms with Gasteiger partial charge in [-0.1, -0.05) is 17.7 Å². The van der Waals surface area contributed by atoms with Crippen LogP contribution >= 0.6 is 11.6 Å². The Labute approximate surface area is 120 Å². The predicted molar refractivity (Wildman–Crippen MR) is 82.4 cm³/mol. The van der Waals surface area contributed by atoms with Crippen LogP contribution < -0.4 is 11.0 Å². The summed E-state index contributed by atoms with van der Waals surface area (Å²) in [6.07, 6.45) is 0. The van der Waals surface area contributed by atoms with Gasteiger partial charge in [-0.25, -0.2) is 4.79 Å². The van der Waals surface area contributed by atoms with Crippen molar-refractivity contribution in [3.05, 3.63) is 63.0 Å². The molecule has 4 nitrogen and oxygen atoms in total. The Hall–Kier alpha value is -2.20. The lowest BCUT2D eigenvalue weighted by Gasteiger charge is -2.09. The zero-order chi connectivity index (χ0) is 14.1. The first kappa shape index (κ1) is 12.8. The fourth-order valence-corrected chi connectivity index (χ4v) is 2.42. The normalized spacial score (nSPS) is 10.9. The number of halogens is 1. The minimum Gasteiger partial charge on any atom is -0.381 e. The van der Waals surface area contributed by atoms with Gasteiger partial charge in [0.2, 0.25) is 0 Å². The molecule has 0 spiro atoms. The van der Waals surface area contributed by atoms with Crippen molar-refractivity contribution >= 4 is 28.3 Å². The van der Waals surface area contributed by atoms with Crippen LogP contribution in [0, 0.1) is 6.92 Å². The van der Waals surface area contributed by atoms with E-state index in [1.807, 2.05) is 43.3 Å². The van der Waals surface area contributed by atoms with E-state index in [0.717, 1.165) is 27.3 Å². The topological polar surface area (TPSA) is 60.7 Å². The molecule has 0 aliphatic heterocycles. The van der Waals surface area contributed by atoms with E-state index in [1.54, 1.807) is 0 Å². The molecule has 1 aromatic heterocycles. The van der Waals surface area contributed by atoms with Gasteiger partial charge in [0.05, 0.1) is 11.0 Å². The van der Waals surface area contributed by atoms with E-state index < -0.39 is 0 Å². The summed E-state index contributed by atoms with van der Waals surface area (Å²) in [6.45, 7) is 2.75. The highest BCUT2D eigenvalue weighted by molar-refractivity contribution is 6.30. The van der Waals surface area contributed by atoms with Gasteiger partial charge in [0.25, 0.3) is 0 Å². The molecule has 3 aromatic rings. The highest BCUT2D eigenvalue weighted by atomic mass is 35.5. The van der Waals surface area contributed by atoms with Crippen LogP contribution in [0.5, 0.6) is 0 Å². The van der Waals surface area contributed by atoms with E-state index >= 15 is 0 Å². The van der Waals surface area contributed by atoms with Crippen molar-refractivity contribution in [2.24, 2.45) is 0 Å². The summed E-state index contributed by atoms with van der Waals surface area (Å²) < 4.78 is 0. The molecule has 0 amide bonds. The number of hydrogen-bond acceptors (Lipinski definition) is 2. The highest BCUT2D eigenvalue weighted by Crippen LogP contribution is 2.18. The molecule has 0 unspecified atom stereocenters. The Morgan fingerprint density at radius 3 is 2.70 bits per heavy atom. The highest BCUT2D eigenvalue weighted by Gasteiger charge is 2.02. The fourth-order valence-electron chi connectivity index (χ4n) is 2.20. The van der Waals surface area contributed by atoms with Crippen LogP contribution in [0.15, 0.2) is 41.2 Å². The molecule has 2 aromatic carbocycles. The largest absolute Gasteiger partial charge is 0.381 e. The number of nitrogens with one attached hydrogen (secondary N) is 3. The number of benzene rings is 2. The molecular weight excluding hydrogens is 274 g/mol. The Bertz CT molecular complexity index is 819. The van der Waals surface area contributed by atoms with Gasteiger partial charge >= 0.3 is 5.69 Å². The second-order valence-electron chi connectivity index (χ2n) is 4.76. The van der Waals surface area contributed by atoms with Crippen LogP contribution in [0.4, 0.5) is 5.69 Å². The number of aromatic amines is 2. The fraction of sp³-hybridized carbons (Fsp3) is 0.133. The summed E-state index contributed by atoms with van der Waals surface area (Å²) in [5, 5.41) is 4.09. The van der Waals surface area contributed by atoms with Gasteiger partial charge in [0.15, 0.2) is 0 Å². The van der Waals surface area contributed by atoms with Crippen molar-refractivity contribution in [2.75, 3.05) is 5.32 Å². The molecule has 102 valence electrons. The average molecular weight is 288 g/mol. The Balaban J connectivity index is 1.80. The number of aromatic nitrogens is 2. The van der Waals surface area contributed by atoms with Gasteiger partial charge in [0, 0.05) is 17.3 Å². The van der Waals surface area contributed by atoms with Crippen LogP contribution in [0.3, 0.4) is 0 Å². The Morgan fingerprint density at radius 1 is 1.10 bits per heavy atom. The number of hydrogen-bond donors (Lipinski definition) is 3. The lowest BCUT2D eigenvalue weighted by Crippen LogP contribution is -2.01. The number of H-pyrrole nitrogens is 2. The Kier molecular flexibility index (Phi) is 3.24. The predicted octanol–water partition coefficient (Wildman–Crippen LogP) is 3.43. The summed E-state index contributed by atoms with van der Waals surface area (Å²) in [7, 11) is 0. The zero-order valence-electron chi connectivity index (χ0n) is 11.0. The average Bonchev–Trinajstić information content (AvgIpc) is 2.77. The molecule has 5 heteroatoms. The SMILES string of the molecule is Cc1cc(Cl)ccc1CNc1ccc2[nH]c(=O)[nH]c2c1. The molecule has 0 atom stereocenters. The van der Waals surface area contributed by atoms with Crippen LogP contribution in [-0.2, 0) is 6.54 Å². The van der Waals surface area contributed by atoms with Gasteiger partial charge in [-0.3, -0.25) is 0 Å². The van der Waals surface area contributed by atoms with Gasteiger partial charge < -0.3 is 15.3 Å². The molecule has 3 rings (SSSR count). The quantitative estimate of drug-likeness (QED) is 0.691. The third-order valence-corrected chi connectivity index (χ3v) is 3.54. The number of fused-ring (bicyclic) bond motifs is 1. The van der Waals surface area contributed by atoms with Gasteiger partial charge in [-0.05, 0) is 48.4 Å². The molecule has 0 fully saturated rings. The van der Waals surface area contributed by atoms with Crippen molar-refractivity contribution < 1.29 is 0 Å². The molecule has 0 saturated heterocycles. The zero-order valence-corrected chi connectivity index (χ0v) is 11.7. The van der Waals surface area contributed by atoms with E-state index in [9.17, 15) is 4.79 Å². The minimum atomic E-state index is -0.189. The van der Waals surface area contributed by atoms with Crippen molar-refractivity contribution in [2.45, 2.75) is 13.5 Å². The molecule has 0 saturated carbocycles. The van der Waals surface area contributed by atoms with E-state index in [1.165, 1.54) is 5.56 Å². The maximum Gasteiger partial charge on any atom is 0.323 e. The molecule has 0 bridgehead atoms. The van der Waals surface area contributed by atoms with Crippen LogP contribution in [0.2, 0.25) is 5.02 Å². The number of rotatable bonds is 3. The third kappa shape index (κ3) is 2.56. The molecular formula is C15H14ClN3O. The van der Waals surface area contributed by atoms with Crippen LogP contribution in [0.25, 0.3) is 11.0 Å². The first-order valence-corrected chi connectivity index (χ1v) is 6.70. The van der Waals surface area contributed by atoms with Gasteiger partial charge in [-0.15, -0.1) is 0 Å². The molecule has 1 heterocycles. The van der Waals surface area contributed by atoms with Crippen molar-refractivity contribution in [3.8, 4) is 0 Å². The lowest BCUT2D eigenvalue weighted by atomic mass is 10.1. The number of anilines is 1. The summed E-state index contributed by atoms with van der Waals surface area (Å²) in [5.74, 6) is 0. The molecule has 0 aliphatic rings. The standard InChI is InChI=1S/C15H14ClN3O/c1-9-6-11(16)3-2-10(9)8-17-12-4-5-13-14(7-12)19-15(20)18-13/h2-7,17H,8H2,1H3,(H2,18,19,20). The smallest absolute Gasteiger partial charge is 0.323 e. The monoisotopic (exact) mass is 287 g/mol. The lowest BCUT2D eigenvalue weighted by molar-refractivity contribution is 1.12. The summed E-state index contributed by atoms with van der Waals surface area (Å²) in [5.41, 5.74) is 4.72. The molecule has 3 N–H and O–H groups in total. The minimum absolute atomic E-state index is 0.189. The second kappa shape index (κ2) is 5.06. The maximum atomic E-state index is 11.2. The number of aryl methyl sites for hydroxylation is 1. The first-order valence-electron chi connectivity index (χ1n) is 6.33. The summed E-state index contributed by atoms with van der Waals surface area (Å²) >= 11 is 5.94. The van der Waals surface area contributed by atoms with Crippen molar-refractivity contribution in [1.29, 1.82) is 0 Å². The first-order chi connectivity index (χ1) is 9.61. The summed E-state index contributed by atoms with van der Waals surface area (Å²) in [4.78, 5) is 16.7. The van der Waals surface area contributed by atoms with E-state index in [0.29, 0.717) is 6.54 Å². The molecule has 20 heavy (non-hydrogen) atoms. The molecule has 0 aliphatic carbocycles. The van der Waals surface area contributed by atoms with Crippen LogP contribution in [-0.4, -0.2) is 9.97 Å². The van der Waals surface area contributed by atoms with E-state index in [2.05, 4.69) is 15.3 Å². The second-order valence-corrected chi connectivity index (χ2v) is 5.20. The van der Waals surface area contributed by atoms with Crippen molar-refractivity contribution in [1.82, 2.24) is 9.97 Å². The molecule has 0 radical (unpaired) electrons. The maximum absolute atomic E-state index is 11.2. The van der Waals surface area contributed by atoms with Crippen molar-refractivity contribution in [3.63, 3.8) is 0 Å².